The van der Waals surface area contributed by atoms with Crippen LogP contribution in [-0.2, 0) is 6.42 Å². The third kappa shape index (κ3) is 4.80. The lowest BCUT2D eigenvalue weighted by Gasteiger charge is -2.24. The van der Waals surface area contributed by atoms with Crippen LogP contribution in [0.2, 0.25) is 0 Å². The van der Waals surface area contributed by atoms with E-state index in [-0.39, 0.29) is 11.7 Å². The second-order valence-corrected chi connectivity index (χ2v) is 9.73. The first-order chi connectivity index (χ1) is 17.4. The molecule has 0 saturated carbocycles. The van der Waals surface area contributed by atoms with Gasteiger partial charge in [0.15, 0.2) is 5.65 Å². The average Bonchev–Trinajstić information content (AvgIpc) is 3.04. The van der Waals surface area contributed by atoms with Gasteiger partial charge in [-0.3, -0.25) is 4.79 Å². The summed E-state index contributed by atoms with van der Waals surface area (Å²) in [4.78, 5) is 27.1. The third-order valence-electron chi connectivity index (χ3n) is 6.49. The molecule has 1 saturated heterocycles. The van der Waals surface area contributed by atoms with Gasteiger partial charge in [-0.25, -0.2) is 19.0 Å². The molecule has 0 bridgehead atoms. The largest absolute Gasteiger partial charge is 0.354 e. The Balaban J connectivity index is 1.50. The average molecular weight is 487 g/mol. The predicted octanol–water partition coefficient (Wildman–Crippen LogP) is 4.81. The minimum atomic E-state index is -0.343. The van der Waals surface area contributed by atoms with E-state index in [9.17, 15) is 9.18 Å². The van der Waals surface area contributed by atoms with Gasteiger partial charge in [0, 0.05) is 38.2 Å². The van der Waals surface area contributed by atoms with Gasteiger partial charge in [0.1, 0.15) is 17.5 Å². The highest BCUT2D eigenvalue weighted by atomic mass is 19.1. The molecular formula is C28H31FN6O. The number of aromatic nitrogens is 4. The minimum absolute atomic E-state index is 0.0711. The highest BCUT2D eigenvalue weighted by Gasteiger charge is 2.25. The monoisotopic (exact) mass is 486 g/mol. The van der Waals surface area contributed by atoms with Gasteiger partial charge in [-0.15, -0.1) is 0 Å². The van der Waals surface area contributed by atoms with Crippen LogP contribution in [0.3, 0.4) is 0 Å². The van der Waals surface area contributed by atoms with E-state index >= 15 is 0 Å². The van der Waals surface area contributed by atoms with E-state index in [0.717, 1.165) is 53.4 Å². The van der Waals surface area contributed by atoms with Gasteiger partial charge in [0.05, 0.1) is 16.8 Å². The van der Waals surface area contributed by atoms with Crippen molar-refractivity contribution in [1.82, 2.24) is 24.6 Å². The molecule has 3 heterocycles. The van der Waals surface area contributed by atoms with E-state index < -0.39 is 0 Å². The Morgan fingerprint density at radius 1 is 0.972 bits per heavy atom. The van der Waals surface area contributed by atoms with Crippen LogP contribution >= 0.6 is 0 Å². The zero-order valence-electron chi connectivity index (χ0n) is 21.0. The Labute approximate surface area is 210 Å². The van der Waals surface area contributed by atoms with Gasteiger partial charge in [-0.1, -0.05) is 32.0 Å². The zero-order chi connectivity index (χ0) is 25.2. The summed E-state index contributed by atoms with van der Waals surface area (Å²) in [6.45, 7) is 8.95. The molecular weight excluding hydrogens is 455 g/mol. The second-order valence-electron chi connectivity index (χ2n) is 9.73. The number of benzene rings is 2. The normalized spacial score (nSPS) is 14.5. The fourth-order valence-corrected chi connectivity index (χ4v) is 4.75. The van der Waals surface area contributed by atoms with Crippen LogP contribution in [0.15, 0.2) is 54.6 Å². The lowest BCUT2D eigenvalue weighted by atomic mass is 10.1. The number of fused-ring (bicyclic) bond motifs is 1. The lowest BCUT2D eigenvalue weighted by molar-refractivity contribution is 0.0767. The molecule has 186 valence electrons. The molecule has 0 N–H and O–H groups in total. The maximum absolute atomic E-state index is 13.3. The molecule has 0 aliphatic carbocycles. The summed E-state index contributed by atoms with van der Waals surface area (Å²) in [6, 6.07) is 15.8. The van der Waals surface area contributed by atoms with Crippen molar-refractivity contribution in [3.63, 3.8) is 0 Å². The molecule has 4 aromatic rings. The van der Waals surface area contributed by atoms with Crippen LogP contribution in [0, 0.1) is 18.7 Å². The molecule has 2 aromatic carbocycles. The Bertz CT molecular complexity index is 1370. The van der Waals surface area contributed by atoms with Crippen molar-refractivity contribution in [1.29, 1.82) is 0 Å². The van der Waals surface area contributed by atoms with E-state index in [4.69, 9.17) is 15.1 Å². The first-order valence-electron chi connectivity index (χ1n) is 12.5. The smallest absolute Gasteiger partial charge is 0.253 e. The van der Waals surface area contributed by atoms with Crippen LogP contribution < -0.4 is 4.90 Å². The molecule has 0 radical (unpaired) electrons. The van der Waals surface area contributed by atoms with Crippen LogP contribution in [0.5, 0.6) is 0 Å². The molecule has 1 aliphatic rings. The summed E-state index contributed by atoms with van der Waals surface area (Å²) >= 11 is 0. The predicted molar refractivity (Wildman–Crippen MR) is 139 cm³/mol. The molecule has 0 atom stereocenters. The number of halogens is 1. The van der Waals surface area contributed by atoms with Gasteiger partial charge in [-0.05, 0) is 55.7 Å². The van der Waals surface area contributed by atoms with E-state index in [1.165, 1.54) is 12.1 Å². The molecule has 2 aromatic heterocycles. The van der Waals surface area contributed by atoms with E-state index in [2.05, 4.69) is 18.7 Å². The summed E-state index contributed by atoms with van der Waals surface area (Å²) in [7, 11) is 0. The summed E-state index contributed by atoms with van der Waals surface area (Å²) in [5.41, 5.74) is 3.16. The second kappa shape index (κ2) is 10.0. The number of amides is 1. The number of rotatable bonds is 5. The van der Waals surface area contributed by atoms with Crippen molar-refractivity contribution in [2.45, 2.75) is 33.6 Å². The SMILES string of the molecule is Cc1nn(-c2ccccc2)c2nc(CC(C)C)nc(N3CCCN(C(=O)c4ccc(F)cc4)CC3)c12. The van der Waals surface area contributed by atoms with Crippen LogP contribution in [0.4, 0.5) is 10.2 Å². The van der Waals surface area contributed by atoms with Crippen molar-refractivity contribution in [2.75, 3.05) is 31.1 Å². The number of aryl methyl sites for hydroxylation is 1. The molecule has 8 heteroatoms. The maximum atomic E-state index is 13.3. The number of carbonyl (C=O) groups excluding carboxylic acids is 1. The van der Waals surface area contributed by atoms with Gasteiger partial charge in [0.2, 0.25) is 0 Å². The van der Waals surface area contributed by atoms with Gasteiger partial charge in [0.25, 0.3) is 5.91 Å². The van der Waals surface area contributed by atoms with Gasteiger partial charge < -0.3 is 9.80 Å². The van der Waals surface area contributed by atoms with Crippen LogP contribution in [0.1, 0.15) is 42.1 Å². The molecule has 1 amide bonds. The summed E-state index contributed by atoms with van der Waals surface area (Å²) in [5, 5.41) is 5.79. The van der Waals surface area contributed by atoms with Gasteiger partial charge in [-0.2, -0.15) is 5.10 Å². The molecule has 0 spiro atoms. The van der Waals surface area contributed by atoms with Crippen LogP contribution in [0.25, 0.3) is 16.7 Å². The van der Waals surface area contributed by atoms with Crippen LogP contribution in [-0.4, -0.2) is 56.7 Å². The Hall–Kier alpha value is -3.81. The maximum Gasteiger partial charge on any atom is 0.253 e. The van der Waals surface area contributed by atoms with E-state index in [0.29, 0.717) is 31.1 Å². The number of carbonyl (C=O) groups is 1. The van der Waals surface area contributed by atoms with Crippen molar-refractivity contribution >= 4 is 22.8 Å². The minimum Gasteiger partial charge on any atom is -0.354 e. The van der Waals surface area contributed by atoms with Crippen molar-refractivity contribution in [3.05, 3.63) is 77.5 Å². The zero-order valence-corrected chi connectivity index (χ0v) is 21.0. The standard InChI is InChI=1S/C28H31FN6O/c1-19(2)18-24-30-26(25-20(3)32-35(27(25)31-24)23-8-5-4-6-9-23)33-14-7-15-34(17-16-33)28(36)21-10-12-22(29)13-11-21/h4-6,8-13,19H,7,14-18H2,1-3H3. The highest BCUT2D eigenvalue weighted by molar-refractivity contribution is 5.94. The van der Waals surface area contributed by atoms with E-state index in [1.54, 1.807) is 12.1 Å². The Kier molecular flexibility index (Phi) is 6.67. The first kappa shape index (κ1) is 23.9. The van der Waals surface area contributed by atoms with Gasteiger partial charge >= 0.3 is 0 Å². The highest BCUT2D eigenvalue weighted by Crippen LogP contribution is 2.30. The van der Waals surface area contributed by atoms with E-state index in [1.807, 2.05) is 46.8 Å². The Morgan fingerprint density at radius 3 is 2.44 bits per heavy atom. The third-order valence-corrected chi connectivity index (χ3v) is 6.49. The molecule has 36 heavy (non-hydrogen) atoms. The number of anilines is 1. The summed E-state index contributed by atoms with van der Waals surface area (Å²) < 4.78 is 15.2. The topological polar surface area (TPSA) is 67.2 Å². The fraction of sp³-hybridized carbons (Fsp3) is 0.357. The quantitative estimate of drug-likeness (QED) is 0.405. The molecule has 1 fully saturated rings. The number of para-hydroxylation sites is 1. The fourth-order valence-electron chi connectivity index (χ4n) is 4.75. The first-order valence-corrected chi connectivity index (χ1v) is 12.5. The molecule has 5 rings (SSSR count). The number of hydrogen-bond acceptors (Lipinski definition) is 5. The van der Waals surface area contributed by atoms with Crippen molar-refractivity contribution in [3.8, 4) is 5.69 Å². The Morgan fingerprint density at radius 2 is 1.72 bits per heavy atom. The molecule has 1 aliphatic heterocycles. The van der Waals surface area contributed by atoms with Crippen molar-refractivity contribution < 1.29 is 9.18 Å². The lowest BCUT2D eigenvalue weighted by Crippen LogP contribution is -2.35. The summed E-state index contributed by atoms with van der Waals surface area (Å²) in [6.07, 6.45) is 1.58. The number of hydrogen-bond donors (Lipinski definition) is 0. The number of nitrogens with zero attached hydrogens (tertiary/aromatic N) is 6. The molecule has 7 nitrogen and oxygen atoms in total. The van der Waals surface area contributed by atoms with Crippen molar-refractivity contribution in [2.24, 2.45) is 5.92 Å². The molecule has 0 unspecified atom stereocenters. The summed E-state index contributed by atoms with van der Waals surface area (Å²) in [5.74, 6) is 1.68.